The molecule has 0 radical (unpaired) electrons. The highest BCUT2D eigenvalue weighted by molar-refractivity contribution is 7.89. The van der Waals surface area contributed by atoms with Crippen molar-refractivity contribution in [1.29, 1.82) is 0 Å². The summed E-state index contributed by atoms with van der Waals surface area (Å²) in [4.78, 5) is 12.9. The summed E-state index contributed by atoms with van der Waals surface area (Å²) in [7, 11) is -3.90. The number of nitrogens with one attached hydrogen (secondary N) is 1. The summed E-state index contributed by atoms with van der Waals surface area (Å²) in [6.07, 6.45) is -1.59. The van der Waals surface area contributed by atoms with Crippen LogP contribution < -0.4 is 5.32 Å². The zero-order valence-corrected chi connectivity index (χ0v) is 22.7. The zero-order chi connectivity index (χ0) is 27.0. The van der Waals surface area contributed by atoms with Gasteiger partial charge in [-0.3, -0.25) is 4.79 Å². The van der Waals surface area contributed by atoms with Crippen LogP contribution in [0, 0.1) is 18.8 Å². The number of hydrogen-bond donors (Lipinski definition) is 3. The van der Waals surface area contributed by atoms with Gasteiger partial charge in [0.2, 0.25) is 15.9 Å². The van der Waals surface area contributed by atoms with Gasteiger partial charge in [0.15, 0.2) is 0 Å². The Morgan fingerprint density at radius 2 is 1.76 bits per heavy atom. The second-order valence-electron chi connectivity index (χ2n) is 10.4. The van der Waals surface area contributed by atoms with Gasteiger partial charge in [-0.15, -0.1) is 0 Å². The van der Waals surface area contributed by atoms with Gasteiger partial charge in [0.25, 0.3) is 0 Å². The molecule has 1 saturated heterocycles. The Bertz CT molecular complexity index is 1090. The van der Waals surface area contributed by atoms with Crippen molar-refractivity contribution in [3.05, 3.63) is 65.7 Å². The highest BCUT2D eigenvalue weighted by Gasteiger charge is 2.34. The van der Waals surface area contributed by atoms with Crippen LogP contribution in [0.3, 0.4) is 0 Å². The lowest BCUT2D eigenvalue weighted by molar-refractivity contribution is -0.124. The molecule has 9 heteroatoms. The molecule has 4 atom stereocenters. The number of hydrogen-bond acceptors (Lipinski definition) is 6. The maximum Gasteiger partial charge on any atom is 0.243 e. The van der Waals surface area contributed by atoms with Crippen LogP contribution in [0.15, 0.2) is 59.5 Å². The first kappa shape index (κ1) is 29.3. The molecule has 0 bridgehead atoms. The molecule has 204 valence electrons. The Morgan fingerprint density at radius 1 is 1.08 bits per heavy atom. The minimum Gasteiger partial charge on any atom is -0.390 e. The van der Waals surface area contributed by atoms with E-state index in [0.29, 0.717) is 19.6 Å². The zero-order valence-electron chi connectivity index (χ0n) is 21.9. The maximum absolute atomic E-state index is 13.4. The lowest BCUT2D eigenvalue weighted by Gasteiger charge is -2.31. The Hall–Kier alpha value is -2.30. The van der Waals surface area contributed by atoms with E-state index in [1.54, 1.807) is 24.3 Å². The largest absolute Gasteiger partial charge is 0.390 e. The van der Waals surface area contributed by atoms with Gasteiger partial charge >= 0.3 is 0 Å². The highest BCUT2D eigenvalue weighted by Crippen LogP contribution is 2.23. The Morgan fingerprint density at radius 3 is 2.35 bits per heavy atom. The molecule has 8 nitrogen and oxygen atoms in total. The van der Waals surface area contributed by atoms with E-state index in [1.165, 1.54) is 4.31 Å². The summed E-state index contributed by atoms with van der Waals surface area (Å²) < 4.78 is 33.4. The second kappa shape index (κ2) is 13.5. The Kier molecular flexibility index (Phi) is 10.7. The summed E-state index contributed by atoms with van der Waals surface area (Å²) in [5.41, 5.74) is 1.86. The highest BCUT2D eigenvalue weighted by atomic mass is 32.2. The molecule has 0 aliphatic carbocycles. The first-order chi connectivity index (χ1) is 17.6. The quantitative estimate of drug-likeness (QED) is 0.365. The van der Waals surface area contributed by atoms with Gasteiger partial charge < -0.3 is 20.3 Å². The fraction of sp³-hybridized carbons (Fsp3) is 0.536. The number of sulfonamides is 1. The lowest BCUT2D eigenvalue weighted by Crippen LogP contribution is -2.47. The van der Waals surface area contributed by atoms with E-state index in [2.05, 4.69) is 5.32 Å². The van der Waals surface area contributed by atoms with Gasteiger partial charge in [-0.1, -0.05) is 61.9 Å². The van der Waals surface area contributed by atoms with Crippen molar-refractivity contribution < 1.29 is 28.2 Å². The van der Waals surface area contributed by atoms with Gasteiger partial charge in [0, 0.05) is 32.0 Å². The van der Waals surface area contributed by atoms with E-state index < -0.39 is 28.1 Å². The molecule has 0 unspecified atom stereocenters. The van der Waals surface area contributed by atoms with E-state index in [0.717, 1.165) is 17.5 Å². The van der Waals surface area contributed by atoms with Gasteiger partial charge in [0.05, 0.1) is 29.8 Å². The summed E-state index contributed by atoms with van der Waals surface area (Å²) >= 11 is 0. The fourth-order valence-electron chi connectivity index (χ4n) is 4.57. The summed E-state index contributed by atoms with van der Waals surface area (Å²) in [5, 5.41) is 25.3. The van der Waals surface area contributed by atoms with E-state index >= 15 is 0 Å². The third kappa shape index (κ3) is 8.61. The van der Waals surface area contributed by atoms with Crippen molar-refractivity contribution in [2.45, 2.75) is 63.2 Å². The normalized spacial score (nSPS) is 18.6. The van der Waals surface area contributed by atoms with E-state index in [9.17, 15) is 23.4 Å². The topological polar surface area (TPSA) is 116 Å². The molecule has 2 aromatic carbocycles. The number of nitrogens with zero attached hydrogens (tertiary/aromatic N) is 1. The predicted molar refractivity (Wildman–Crippen MR) is 142 cm³/mol. The van der Waals surface area contributed by atoms with Crippen LogP contribution in [0.2, 0.25) is 0 Å². The number of amides is 1. The molecule has 1 amide bonds. The third-order valence-electron chi connectivity index (χ3n) is 6.58. The first-order valence-corrected chi connectivity index (χ1v) is 14.3. The monoisotopic (exact) mass is 532 g/mol. The van der Waals surface area contributed by atoms with Crippen molar-refractivity contribution in [3.8, 4) is 0 Å². The Labute approximate surface area is 220 Å². The molecule has 1 aliphatic heterocycles. The average Bonchev–Trinajstić information content (AvgIpc) is 3.36. The Balaban J connectivity index is 1.78. The molecule has 0 saturated carbocycles. The molecule has 1 heterocycles. The molecular formula is C28H40N2O6S. The number of aliphatic hydroxyl groups excluding tert-OH is 2. The minimum atomic E-state index is -3.90. The summed E-state index contributed by atoms with van der Waals surface area (Å²) in [6.45, 7) is 6.64. The SMILES string of the molecule is Cc1ccc(S(=O)(=O)N(CC(C)C)C[C@@H](O)[C@@H](O)[C@@H](CC(=O)N[C@H]2CCOC2)Cc2ccccc2)cc1. The molecular weight excluding hydrogens is 492 g/mol. The average molecular weight is 533 g/mol. The number of carbonyl (C=O) groups excluding carboxylic acids is 1. The van der Waals surface area contributed by atoms with Crippen LogP contribution in [0.4, 0.5) is 0 Å². The number of rotatable bonds is 13. The van der Waals surface area contributed by atoms with Crippen molar-refractivity contribution in [1.82, 2.24) is 9.62 Å². The summed E-state index contributed by atoms with van der Waals surface area (Å²) in [5.74, 6) is -0.833. The van der Waals surface area contributed by atoms with Crippen LogP contribution in [0.5, 0.6) is 0 Å². The minimum absolute atomic E-state index is 0.00147. The number of benzene rings is 2. The molecule has 1 aliphatic rings. The maximum atomic E-state index is 13.4. The van der Waals surface area contributed by atoms with E-state index in [-0.39, 0.29) is 42.3 Å². The van der Waals surface area contributed by atoms with Crippen molar-refractivity contribution in [2.24, 2.45) is 11.8 Å². The van der Waals surface area contributed by atoms with Gasteiger partial charge in [-0.05, 0) is 43.4 Å². The molecule has 3 N–H and O–H groups in total. The van der Waals surface area contributed by atoms with Crippen molar-refractivity contribution in [2.75, 3.05) is 26.3 Å². The molecule has 2 aromatic rings. The third-order valence-corrected chi connectivity index (χ3v) is 8.42. The first-order valence-electron chi connectivity index (χ1n) is 12.9. The fourth-order valence-corrected chi connectivity index (χ4v) is 6.19. The van der Waals surface area contributed by atoms with Crippen LogP contribution in [0.1, 0.15) is 37.8 Å². The second-order valence-corrected chi connectivity index (χ2v) is 12.3. The predicted octanol–water partition coefficient (Wildman–Crippen LogP) is 2.52. The van der Waals surface area contributed by atoms with Crippen LogP contribution in [-0.2, 0) is 26.0 Å². The molecule has 0 spiro atoms. The van der Waals surface area contributed by atoms with Crippen LogP contribution in [-0.4, -0.2) is 73.4 Å². The molecule has 0 aromatic heterocycles. The standard InChI is InChI=1S/C28H40N2O6S/c1-20(2)17-30(37(34,35)25-11-9-21(3)10-12-25)18-26(31)28(33)23(15-22-7-5-4-6-8-22)16-27(32)29-24-13-14-36-19-24/h4-12,20,23-24,26,28,31,33H,13-19H2,1-3H3,(H,29,32)/t23-,24+,26-,28+/m1/s1. The lowest BCUT2D eigenvalue weighted by atomic mass is 9.87. The van der Waals surface area contributed by atoms with Gasteiger partial charge in [-0.2, -0.15) is 4.31 Å². The van der Waals surface area contributed by atoms with Crippen LogP contribution >= 0.6 is 0 Å². The molecule has 1 fully saturated rings. The molecule has 3 rings (SSSR count). The van der Waals surface area contributed by atoms with Crippen molar-refractivity contribution in [3.63, 3.8) is 0 Å². The number of aryl methyl sites for hydroxylation is 1. The van der Waals surface area contributed by atoms with Gasteiger partial charge in [0.1, 0.15) is 0 Å². The van der Waals surface area contributed by atoms with Crippen molar-refractivity contribution >= 4 is 15.9 Å². The number of ether oxygens (including phenoxy) is 1. The number of carbonyl (C=O) groups is 1. The smallest absolute Gasteiger partial charge is 0.243 e. The van der Waals surface area contributed by atoms with Crippen LogP contribution in [0.25, 0.3) is 0 Å². The van der Waals surface area contributed by atoms with E-state index in [4.69, 9.17) is 4.74 Å². The van der Waals surface area contributed by atoms with E-state index in [1.807, 2.05) is 51.1 Å². The number of aliphatic hydroxyl groups is 2. The molecule has 37 heavy (non-hydrogen) atoms. The summed E-state index contributed by atoms with van der Waals surface area (Å²) in [6, 6.07) is 16.0. The van der Waals surface area contributed by atoms with Gasteiger partial charge in [-0.25, -0.2) is 8.42 Å².